The molecule has 1 aromatic carbocycles. The van der Waals surface area contributed by atoms with E-state index in [0.717, 1.165) is 17.7 Å². The van der Waals surface area contributed by atoms with Crippen LogP contribution in [0.3, 0.4) is 0 Å². The number of aliphatic carboxylic acids is 1. The second-order valence-electron chi connectivity index (χ2n) is 5.30. The summed E-state index contributed by atoms with van der Waals surface area (Å²) in [5, 5.41) is 12.3. The quantitative estimate of drug-likeness (QED) is 0.903. The van der Waals surface area contributed by atoms with Crippen LogP contribution in [-0.4, -0.2) is 20.6 Å². The van der Waals surface area contributed by atoms with Crippen molar-refractivity contribution in [1.82, 2.24) is 9.55 Å². The van der Waals surface area contributed by atoms with Gasteiger partial charge in [-0.2, -0.15) is 0 Å². The molecule has 6 heteroatoms. The van der Waals surface area contributed by atoms with Gasteiger partial charge >= 0.3 is 5.97 Å². The van der Waals surface area contributed by atoms with Crippen LogP contribution in [0.25, 0.3) is 0 Å². The van der Waals surface area contributed by atoms with E-state index in [-0.39, 0.29) is 11.4 Å². The molecule has 1 aliphatic rings. The normalized spacial score (nSPS) is 16.3. The lowest BCUT2D eigenvalue weighted by molar-refractivity contribution is -0.140. The number of benzene rings is 1. The number of hydrogen-bond donors (Lipinski definition) is 2. The molecule has 2 heterocycles. The van der Waals surface area contributed by atoms with E-state index in [1.165, 1.54) is 4.57 Å². The number of para-hydroxylation sites is 1. The van der Waals surface area contributed by atoms with E-state index in [9.17, 15) is 14.7 Å². The average Bonchev–Trinajstić information content (AvgIpc) is 2.95. The minimum atomic E-state index is -0.980. The largest absolute Gasteiger partial charge is 0.480 e. The molecule has 3 rings (SSSR count). The first kappa shape index (κ1) is 14.3. The van der Waals surface area contributed by atoms with Gasteiger partial charge in [-0.25, -0.2) is 9.78 Å². The standard InChI is InChI=1S/C16H17N3O3/c1-2-10-5-3-4-6-12(10)18-14-15(20)19-11(9-17-14)7-8-13(19)16(21)22/h3-6,9,13H,2,7-8H2,1H3,(H,17,18)(H,21,22)/t13-/m0/s1. The highest BCUT2D eigenvalue weighted by atomic mass is 16.4. The fourth-order valence-electron chi connectivity index (χ4n) is 2.84. The lowest BCUT2D eigenvalue weighted by Gasteiger charge is -2.13. The molecule has 6 nitrogen and oxygen atoms in total. The molecule has 2 N–H and O–H groups in total. The van der Waals surface area contributed by atoms with E-state index >= 15 is 0 Å². The van der Waals surface area contributed by atoms with E-state index in [1.54, 1.807) is 6.20 Å². The molecule has 1 aromatic heterocycles. The van der Waals surface area contributed by atoms with Crippen LogP contribution in [0.2, 0.25) is 0 Å². The molecule has 1 aliphatic heterocycles. The third-order valence-corrected chi connectivity index (χ3v) is 4.00. The van der Waals surface area contributed by atoms with Gasteiger partial charge in [0, 0.05) is 17.6 Å². The van der Waals surface area contributed by atoms with E-state index < -0.39 is 12.0 Å². The molecule has 0 saturated heterocycles. The van der Waals surface area contributed by atoms with Crippen molar-refractivity contribution in [1.29, 1.82) is 0 Å². The predicted octanol–water partition coefficient (Wildman–Crippen LogP) is 2.12. The molecule has 0 unspecified atom stereocenters. The maximum Gasteiger partial charge on any atom is 0.326 e. The van der Waals surface area contributed by atoms with E-state index in [2.05, 4.69) is 10.3 Å². The summed E-state index contributed by atoms with van der Waals surface area (Å²) in [6, 6.07) is 6.88. The average molecular weight is 299 g/mol. The Morgan fingerprint density at radius 2 is 2.23 bits per heavy atom. The Morgan fingerprint density at radius 3 is 2.95 bits per heavy atom. The number of rotatable bonds is 4. The summed E-state index contributed by atoms with van der Waals surface area (Å²) in [5.41, 5.74) is 2.18. The molecule has 0 spiro atoms. The third-order valence-electron chi connectivity index (χ3n) is 4.00. The van der Waals surface area contributed by atoms with Gasteiger partial charge in [0.15, 0.2) is 5.82 Å². The minimum absolute atomic E-state index is 0.165. The van der Waals surface area contributed by atoms with Crippen LogP contribution in [0.5, 0.6) is 0 Å². The fourth-order valence-corrected chi connectivity index (χ4v) is 2.84. The number of fused-ring (bicyclic) bond motifs is 1. The Labute approximate surface area is 127 Å². The Bertz CT molecular complexity index is 782. The molecule has 1 atom stereocenters. The topological polar surface area (TPSA) is 84.2 Å². The van der Waals surface area contributed by atoms with Crippen LogP contribution < -0.4 is 10.9 Å². The highest BCUT2D eigenvalue weighted by molar-refractivity contribution is 5.73. The number of carbonyl (C=O) groups is 1. The summed E-state index contributed by atoms with van der Waals surface area (Å²) in [6.45, 7) is 2.03. The number of nitrogens with zero attached hydrogens (tertiary/aromatic N) is 2. The molecular formula is C16H17N3O3. The van der Waals surface area contributed by atoms with Crippen LogP contribution in [0.1, 0.15) is 30.6 Å². The first-order valence-electron chi connectivity index (χ1n) is 7.30. The van der Waals surface area contributed by atoms with Gasteiger partial charge in [0.05, 0.1) is 0 Å². The summed E-state index contributed by atoms with van der Waals surface area (Å²) in [4.78, 5) is 28.0. The SMILES string of the molecule is CCc1ccccc1Nc1ncc2n(c1=O)[C@H](C(=O)O)CC2. The van der Waals surface area contributed by atoms with Crippen LogP contribution in [0, 0.1) is 0 Å². The fraction of sp³-hybridized carbons (Fsp3) is 0.312. The Kier molecular flexibility index (Phi) is 3.66. The Morgan fingerprint density at radius 1 is 1.45 bits per heavy atom. The molecule has 0 radical (unpaired) electrons. The Balaban J connectivity index is 2.02. The zero-order valence-electron chi connectivity index (χ0n) is 12.2. The lowest BCUT2D eigenvalue weighted by Crippen LogP contribution is -2.29. The Hall–Kier alpha value is -2.63. The van der Waals surface area contributed by atoms with Crippen molar-refractivity contribution in [3.05, 3.63) is 52.1 Å². The number of anilines is 2. The number of carboxylic acid groups (broad SMARTS) is 1. The zero-order valence-corrected chi connectivity index (χ0v) is 12.2. The van der Waals surface area contributed by atoms with Crippen molar-refractivity contribution >= 4 is 17.5 Å². The molecule has 0 bridgehead atoms. The summed E-state index contributed by atoms with van der Waals surface area (Å²) in [7, 11) is 0. The number of hydrogen-bond acceptors (Lipinski definition) is 4. The number of nitrogens with one attached hydrogen (secondary N) is 1. The van der Waals surface area contributed by atoms with Crippen LogP contribution >= 0.6 is 0 Å². The van der Waals surface area contributed by atoms with E-state index in [1.807, 2.05) is 31.2 Å². The number of aromatic nitrogens is 2. The van der Waals surface area contributed by atoms with Gasteiger partial charge in [0.2, 0.25) is 0 Å². The van der Waals surface area contributed by atoms with Crippen molar-refractivity contribution in [2.75, 3.05) is 5.32 Å². The van der Waals surface area contributed by atoms with Crippen molar-refractivity contribution in [2.45, 2.75) is 32.2 Å². The lowest BCUT2D eigenvalue weighted by atomic mass is 10.1. The van der Waals surface area contributed by atoms with Gasteiger partial charge in [-0.15, -0.1) is 0 Å². The summed E-state index contributed by atoms with van der Waals surface area (Å²) >= 11 is 0. The van der Waals surface area contributed by atoms with E-state index in [4.69, 9.17) is 0 Å². The molecule has 2 aromatic rings. The molecule has 0 aliphatic carbocycles. The number of carboxylic acids is 1. The molecule has 0 amide bonds. The molecular weight excluding hydrogens is 282 g/mol. The second kappa shape index (κ2) is 5.63. The first-order chi connectivity index (χ1) is 10.6. The van der Waals surface area contributed by atoms with Crippen molar-refractivity contribution < 1.29 is 9.90 Å². The molecule has 0 saturated carbocycles. The minimum Gasteiger partial charge on any atom is -0.480 e. The molecule has 0 fully saturated rings. The molecule has 114 valence electrons. The second-order valence-corrected chi connectivity index (χ2v) is 5.30. The van der Waals surface area contributed by atoms with Crippen molar-refractivity contribution in [3.63, 3.8) is 0 Å². The maximum absolute atomic E-state index is 12.6. The highest BCUT2D eigenvalue weighted by Gasteiger charge is 2.30. The van der Waals surface area contributed by atoms with Crippen LogP contribution in [-0.2, 0) is 17.6 Å². The zero-order chi connectivity index (χ0) is 15.7. The predicted molar refractivity (Wildman–Crippen MR) is 82.6 cm³/mol. The van der Waals surface area contributed by atoms with Crippen molar-refractivity contribution in [2.24, 2.45) is 0 Å². The van der Waals surface area contributed by atoms with Crippen LogP contribution in [0.4, 0.5) is 11.5 Å². The van der Waals surface area contributed by atoms with Crippen molar-refractivity contribution in [3.8, 4) is 0 Å². The van der Waals surface area contributed by atoms with Gasteiger partial charge < -0.3 is 10.4 Å². The first-order valence-corrected chi connectivity index (χ1v) is 7.30. The smallest absolute Gasteiger partial charge is 0.326 e. The monoisotopic (exact) mass is 299 g/mol. The summed E-state index contributed by atoms with van der Waals surface area (Å²) in [5.74, 6) is -0.815. The van der Waals surface area contributed by atoms with Crippen LogP contribution in [0.15, 0.2) is 35.3 Å². The summed E-state index contributed by atoms with van der Waals surface area (Å²) in [6.07, 6.45) is 3.40. The maximum atomic E-state index is 12.6. The molecule has 22 heavy (non-hydrogen) atoms. The van der Waals surface area contributed by atoms with Gasteiger partial charge in [-0.1, -0.05) is 25.1 Å². The number of aryl methyl sites for hydroxylation is 2. The highest BCUT2D eigenvalue weighted by Crippen LogP contribution is 2.25. The van der Waals surface area contributed by atoms with E-state index in [0.29, 0.717) is 18.5 Å². The van der Waals surface area contributed by atoms with Gasteiger partial charge in [-0.05, 0) is 30.9 Å². The summed E-state index contributed by atoms with van der Waals surface area (Å²) < 4.78 is 1.34. The third kappa shape index (κ3) is 2.36. The van der Waals surface area contributed by atoms with Gasteiger partial charge in [0.1, 0.15) is 6.04 Å². The van der Waals surface area contributed by atoms with Gasteiger partial charge in [0.25, 0.3) is 5.56 Å². The van der Waals surface area contributed by atoms with Gasteiger partial charge in [-0.3, -0.25) is 9.36 Å².